The van der Waals surface area contributed by atoms with Gasteiger partial charge in [0, 0.05) is 26.0 Å². The van der Waals surface area contributed by atoms with Crippen LogP contribution in [0.25, 0.3) is 0 Å². The lowest BCUT2D eigenvalue weighted by molar-refractivity contribution is 0.0999. The van der Waals surface area contributed by atoms with Gasteiger partial charge in [-0.2, -0.15) is 0 Å². The van der Waals surface area contributed by atoms with Gasteiger partial charge in [-0.3, -0.25) is 0 Å². The number of ether oxygens (including phenoxy) is 1. The van der Waals surface area contributed by atoms with E-state index in [2.05, 4.69) is 28.7 Å². The van der Waals surface area contributed by atoms with Gasteiger partial charge in [0.2, 0.25) is 0 Å². The Bertz CT molecular complexity index is 298. The number of hydrogen-bond acceptors (Lipinski definition) is 3. The SMILES string of the molecule is CCCn1ccnc1C(CC(C)OC)NC. The molecule has 0 amide bonds. The van der Waals surface area contributed by atoms with Crippen molar-refractivity contribution in [2.75, 3.05) is 14.2 Å². The largest absolute Gasteiger partial charge is 0.382 e. The minimum atomic E-state index is 0.240. The Kier molecular flexibility index (Phi) is 5.49. The van der Waals surface area contributed by atoms with Gasteiger partial charge in [0.1, 0.15) is 5.82 Å². The molecule has 4 nitrogen and oxygen atoms in total. The van der Waals surface area contributed by atoms with E-state index in [0.717, 1.165) is 25.2 Å². The predicted molar refractivity (Wildman–Crippen MR) is 65.4 cm³/mol. The first-order chi connectivity index (χ1) is 7.72. The molecule has 0 spiro atoms. The second-order valence-corrected chi connectivity index (χ2v) is 4.10. The summed E-state index contributed by atoms with van der Waals surface area (Å²) in [6.07, 6.45) is 6.21. The maximum absolute atomic E-state index is 5.30. The number of aromatic nitrogens is 2. The van der Waals surface area contributed by atoms with Crippen LogP contribution in [0.5, 0.6) is 0 Å². The molecule has 0 aliphatic heterocycles. The summed E-state index contributed by atoms with van der Waals surface area (Å²) in [5, 5.41) is 3.31. The minimum absolute atomic E-state index is 0.240. The molecule has 1 aromatic heterocycles. The first-order valence-electron chi connectivity index (χ1n) is 5.94. The quantitative estimate of drug-likeness (QED) is 0.771. The van der Waals surface area contributed by atoms with E-state index < -0.39 is 0 Å². The molecule has 0 aliphatic carbocycles. The molecule has 0 saturated heterocycles. The summed E-state index contributed by atoms with van der Waals surface area (Å²) >= 11 is 0. The summed E-state index contributed by atoms with van der Waals surface area (Å²) in [5.74, 6) is 1.10. The Labute approximate surface area is 98.0 Å². The molecule has 0 fully saturated rings. The number of methoxy groups -OCH3 is 1. The van der Waals surface area contributed by atoms with Crippen molar-refractivity contribution in [2.24, 2.45) is 0 Å². The van der Waals surface area contributed by atoms with Crippen LogP contribution in [0, 0.1) is 0 Å². The molecule has 2 atom stereocenters. The number of imidazole rings is 1. The van der Waals surface area contributed by atoms with Gasteiger partial charge in [0.15, 0.2) is 0 Å². The van der Waals surface area contributed by atoms with Crippen molar-refractivity contribution in [2.45, 2.75) is 45.4 Å². The molecular weight excluding hydrogens is 202 g/mol. The van der Waals surface area contributed by atoms with Crippen molar-refractivity contribution >= 4 is 0 Å². The minimum Gasteiger partial charge on any atom is -0.382 e. The van der Waals surface area contributed by atoms with Crippen LogP contribution in [0.15, 0.2) is 12.4 Å². The molecule has 1 N–H and O–H groups in total. The highest BCUT2D eigenvalue weighted by Gasteiger charge is 2.17. The molecule has 0 radical (unpaired) electrons. The molecule has 0 aliphatic rings. The highest BCUT2D eigenvalue weighted by molar-refractivity contribution is 4.99. The molecule has 1 aromatic rings. The van der Waals surface area contributed by atoms with Crippen LogP contribution in [-0.2, 0) is 11.3 Å². The van der Waals surface area contributed by atoms with Crippen molar-refractivity contribution < 1.29 is 4.74 Å². The van der Waals surface area contributed by atoms with Gasteiger partial charge >= 0.3 is 0 Å². The third-order valence-corrected chi connectivity index (χ3v) is 2.84. The fourth-order valence-corrected chi connectivity index (χ4v) is 1.84. The van der Waals surface area contributed by atoms with Crippen molar-refractivity contribution in [3.05, 3.63) is 18.2 Å². The van der Waals surface area contributed by atoms with E-state index in [1.54, 1.807) is 7.11 Å². The third kappa shape index (κ3) is 3.32. The van der Waals surface area contributed by atoms with Crippen LogP contribution in [-0.4, -0.2) is 29.8 Å². The summed E-state index contributed by atoms with van der Waals surface area (Å²) in [6, 6.07) is 0.261. The Morgan fingerprint density at radius 1 is 1.56 bits per heavy atom. The number of hydrogen-bond donors (Lipinski definition) is 1. The molecule has 0 bridgehead atoms. The number of nitrogens with one attached hydrogen (secondary N) is 1. The lowest BCUT2D eigenvalue weighted by Crippen LogP contribution is -2.25. The van der Waals surface area contributed by atoms with E-state index in [1.807, 2.05) is 19.4 Å². The van der Waals surface area contributed by atoms with E-state index in [1.165, 1.54) is 0 Å². The van der Waals surface area contributed by atoms with Crippen molar-refractivity contribution in [1.82, 2.24) is 14.9 Å². The van der Waals surface area contributed by atoms with Crippen LogP contribution in [0.4, 0.5) is 0 Å². The average molecular weight is 225 g/mol. The van der Waals surface area contributed by atoms with Gasteiger partial charge in [-0.1, -0.05) is 6.92 Å². The highest BCUT2D eigenvalue weighted by Crippen LogP contribution is 2.17. The van der Waals surface area contributed by atoms with Gasteiger partial charge in [-0.05, 0) is 26.8 Å². The predicted octanol–water partition coefficient (Wildman–Crippen LogP) is 1.98. The van der Waals surface area contributed by atoms with Crippen LogP contribution in [0.3, 0.4) is 0 Å². The molecule has 1 rings (SSSR count). The van der Waals surface area contributed by atoms with Crippen molar-refractivity contribution in [3.63, 3.8) is 0 Å². The van der Waals surface area contributed by atoms with Gasteiger partial charge < -0.3 is 14.6 Å². The Balaban J connectivity index is 2.73. The standard InChI is InChI=1S/C12H23N3O/c1-5-7-15-8-6-14-12(15)11(13-3)9-10(2)16-4/h6,8,10-11,13H,5,7,9H2,1-4H3. The molecule has 4 heteroatoms. The Morgan fingerprint density at radius 2 is 2.31 bits per heavy atom. The molecule has 0 saturated carbocycles. The Morgan fingerprint density at radius 3 is 2.88 bits per heavy atom. The van der Waals surface area contributed by atoms with Crippen LogP contribution < -0.4 is 5.32 Å². The lowest BCUT2D eigenvalue weighted by atomic mass is 10.1. The Hall–Kier alpha value is -0.870. The smallest absolute Gasteiger partial charge is 0.125 e. The summed E-state index contributed by atoms with van der Waals surface area (Å²) < 4.78 is 7.52. The third-order valence-electron chi connectivity index (χ3n) is 2.84. The summed E-state index contributed by atoms with van der Waals surface area (Å²) in [5.41, 5.74) is 0. The zero-order chi connectivity index (χ0) is 12.0. The van der Waals surface area contributed by atoms with E-state index in [0.29, 0.717) is 0 Å². The first-order valence-corrected chi connectivity index (χ1v) is 5.94. The summed E-state index contributed by atoms with van der Waals surface area (Å²) in [7, 11) is 3.72. The number of rotatable bonds is 7. The lowest BCUT2D eigenvalue weighted by Gasteiger charge is -2.20. The topological polar surface area (TPSA) is 39.1 Å². The molecule has 1 heterocycles. The normalized spacial score (nSPS) is 15.0. The van der Waals surface area contributed by atoms with Crippen LogP contribution in [0.2, 0.25) is 0 Å². The van der Waals surface area contributed by atoms with Gasteiger partial charge in [0.25, 0.3) is 0 Å². The van der Waals surface area contributed by atoms with Gasteiger partial charge in [-0.25, -0.2) is 4.98 Å². The fourth-order valence-electron chi connectivity index (χ4n) is 1.84. The highest BCUT2D eigenvalue weighted by atomic mass is 16.5. The maximum Gasteiger partial charge on any atom is 0.125 e. The van der Waals surface area contributed by atoms with E-state index in [4.69, 9.17) is 4.74 Å². The zero-order valence-electron chi connectivity index (χ0n) is 10.7. The second-order valence-electron chi connectivity index (χ2n) is 4.10. The van der Waals surface area contributed by atoms with Crippen LogP contribution in [0.1, 0.15) is 38.6 Å². The zero-order valence-corrected chi connectivity index (χ0v) is 10.7. The average Bonchev–Trinajstić information content (AvgIpc) is 2.74. The fraction of sp³-hybridized carbons (Fsp3) is 0.750. The monoisotopic (exact) mass is 225 g/mol. The van der Waals surface area contributed by atoms with Gasteiger partial charge in [0.05, 0.1) is 12.1 Å². The molecule has 0 aromatic carbocycles. The van der Waals surface area contributed by atoms with Crippen molar-refractivity contribution in [1.29, 1.82) is 0 Å². The molecular formula is C12H23N3O. The van der Waals surface area contributed by atoms with Crippen molar-refractivity contribution in [3.8, 4) is 0 Å². The van der Waals surface area contributed by atoms with Gasteiger partial charge in [-0.15, -0.1) is 0 Å². The van der Waals surface area contributed by atoms with E-state index in [-0.39, 0.29) is 12.1 Å². The summed E-state index contributed by atoms with van der Waals surface area (Å²) in [4.78, 5) is 4.44. The van der Waals surface area contributed by atoms with E-state index >= 15 is 0 Å². The molecule has 2 unspecified atom stereocenters. The maximum atomic E-state index is 5.30. The number of aryl methyl sites for hydroxylation is 1. The first kappa shape index (κ1) is 13.2. The van der Waals surface area contributed by atoms with E-state index in [9.17, 15) is 0 Å². The summed E-state index contributed by atoms with van der Waals surface area (Å²) in [6.45, 7) is 5.28. The van der Waals surface area contributed by atoms with Crippen LogP contribution >= 0.6 is 0 Å². The second kappa shape index (κ2) is 6.66. The molecule has 16 heavy (non-hydrogen) atoms. The number of nitrogens with zero attached hydrogens (tertiary/aromatic N) is 2. The molecule has 92 valence electrons.